The van der Waals surface area contributed by atoms with Gasteiger partial charge in [-0.05, 0) is 38.0 Å². The number of nitrogens with two attached hydrogens (primary N) is 1. The van der Waals surface area contributed by atoms with Gasteiger partial charge in [-0.3, -0.25) is 4.79 Å². The van der Waals surface area contributed by atoms with Gasteiger partial charge in [0.05, 0.1) is 0 Å². The summed E-state index contributed by atoms with van der Waals surface area (Å²) in [5, 5.41) is 3.51. The summed E-state index contributed by atoms with van der Waals surface area (Å²) in [6.45, 7) is 4.25. The summed E-state index contributed by atoms with van der Waals surface area (Å²) in [7, 11) is 0. The Bertz CT molecular complexity index is 385. The zero-order chi connectivity index (χ0) is 12.9. The van der Waals surface area contributed by atoms with Crippen LogP contribution in [0.3, 0.4) is 0 Å². The van der Waals surface area contributed by atoms with Crippen molar-refractivity contribution in [1.82, 2.24) is 5.32 Å². The first-order valence-corrected chi connectivity index (χ1v) is 6.05. The first kappa shape index (κ1) is 14.0. The van der Waals surface area contributed by atoms with Crippen molar-refractivity contribution in [3.05, 3.63) is 34.9 Å². The van der Waals surface area contributed by atoms with E-state index in [1.54, 1.807) is 0 Å². The van der Waals surface area contributed by atoms with Crippen molar-refractivity contribution in [3.8, 4) is 0 Å². The van der Waals surface area contributed by atoms with E-state index in [9.17, 15) is 4.79 Å². The zero-order valence-corrected chi connectivity index (χ0v) is 11.1. The van der Waals surface area contributed by atoms with Crippen molar-refractivity contribution in [2.75, 3.05) is 6.54 Å². The minimum atomic E-state index is -0.369. The number of carbonyl (C=O) groups excluding carboxylic acids is 1. The Hall–Kier alpha value is -1.06. The topological polar surface area (TPSA) is 55.1 Å². The molecule has 0 saturated heterocycles. The number of hydrogen-bond donors (Lipinski definition) is 2. The van der Waals surface area contributed by atoms with Crippen LogP contribution in [0.5, 0.6) is 0 Å². The Morgan fingerprint density at radius 2 is 2.18 bits per heavy atom. The molecule has 0 fully saturated rings. The Kier molecular flexibility index (Phi) is 4.97. The highest BCUT2D eigenvalue weighted by atomic mass is 35.5. The van der Waals surface area contributed by atoms with Crippen LogP contribution in [0.4, 0.5) is 0 Å². The van der Waals surface area contributed by atoms with E-state index in [0.29, 0.717) is 24.4 Å². The molecule has 94 valence electrons. The van der Waals surface area contributed by atoms with Crippen molar-refractivity contribution in [2.24, 2.45) is 5.73 Å². The number of nitrogens with one attached hydrogen (secondary N) is 1. The molecule has 17 heavy (non-hydrogen) atoms. The third-order valence-electron chi connectivity index (χ3n) is 2.27. The van der Waals surface area contributed by atoms with Crippen LogP contribution < -0.4 is 11.1 Å². The van der Waals surface area contributed by atoms with Gasteiger partial charge in [0.25, 0.3) is 0 Å². The molecule has 0 unspecified atom stereocenters. The van der Waals surface area contributed by atoms with Gasteiger partial charge in [0.15, 0.2) is 0 Å². The quantitative estimate of drug-likeness (QED) is 0.846. The van der Waals surface area contributed by atoms with Gasteiger partial charge in [-0.2, -0.15) is 0 Å². The number of rotatable bonds is 5. The Morgan fingerprint density at radius 1 is 1.47 bits per heavy atom. The van der Waals surface area contributed by atoms with E-state index in [1.165, 1.54) is 0 Å². The summed E-state index contributed by atoms with van der Waals surface area (Å²) >= 11 is 5.86. The number of amides is 1. The van der Waals surface area contributed by atoms with Crippen LogP contribution in [-0.4, -0.2) is 18.0 Å². The van der Waals surface area contributed by atoms with Gasteiger partial charge < -0.3 is 11.1 Å². The summed E-state index contributed by atoms with van der Waals surface area (Å²) < 4.78 is 0. The third-order valence-corrected chi connectivity index (χ3v) is 2.51. The van der Waals surface area contributed by atoms with Gasteiger partial charge in [0, 0.05) is 23.5 Å². The lowest BCUT2D eigenvalue weighted by Crippen LogP contribution is -2.45. The van der Waals surface area contributed by atoms with E-state index < -0.39 is 0 Å². The molecule has 0 aliphatic carbocycles. The number of carbonyl (C=O) groups is 1. The molecule has 1 aromatic rings. The lowest BCUT2D eigenvalue weighted by atomic mass is 10.1. The molecule has 0 aliphatic heterocycles. The zero-order valence-electron chi connectivity index (χ0n) is 10.3. The molecule has 1 amide bonds. The largest absolute Gasteiger partial charge is 0.354 e. The third kappa shape index (κ3) is 6.29. The standard InChI is InChI=1S/C13H19ClN2O/c1-13(2,15)9-16-12(17)7-6-10-4-3-5-11(14)8-10/h3-5,8H,6-7,9,15H2,1-2H3,(H,16,17). The molecule has 0 heterocycles. The van der Waals surface area contributed by atoms with Gasteiger partial charge in [-0.15, -0.1) is 0 Å². The summed E-state index contributed by atoms with van der Waals surface area (Å²) in [6.07, 6.45) is 1.15. The molecule has 1 rings (SSSR count). The first-order valence-electron chi connectivity index (χ1n) is 5.67. The van der Waals surface area contributed by atoms with Crippen molar-refractivity contribution >= 4 is 17.5 Å². The van der Waals surface area contributed by atoms with E-state index in [0.717, 1.165) is 5.56 Å². The van der Waals surface area contributed by atoms with Crippen LogP contribution in [0.25, 0.3) is 0 Å². The van der Waals surface area contributed by atoms with Crippen LogP contribution in [0.15, 0.2) is 24.3 Å². The average Bonchev–Trinajstić information content (AvgIpc) is 2.23. The van der Waals surface area contributed by atoms with Gasteiger partial charge in [0.2, 0.25) is 5.91 Å². The normalized spacial score (nSPS) is 11.3. The van der Waals surface area contributed by atoms with Crippen LogP contribution in [0, 0.1) is 0 Å². The smallest absolute Gasteiger partial charge is 0.220 e. The minimum Gasteiger partial charge on any atom is -0.354 e. The Labute approximate surface area is 107 Å². The number of benzene rings is 1. The summed E-state index contributed by atoms with van der Waals surface area (Å²) in [4.78, 5) is 11.5. The number of hydrogen-bond acceptors (Lipinski definition) is 2. The Balaban J connectivity index is 2.33. The summed E-state index contributed by atoms with van der Waals surface area (Å²) in [6, 6.07) is 7.55. The maximum absolute atomic E-state index is 11.5. The van der Waals surface area contributed by atoms with Crippen molar-refractivity contribution in [1.29, 1.82) is 0 Å². The monoisotopic (exact) mass is 254 g/mol. The highest BCUT2D eigenvalue weighted by molar-refractivity contribution is 6.30. The lowest BCUT2D eigenvalue weighted by Gasteiger charge is -2.18. The summed E-state index contributed by atoms with van der Waals surface area (Å²) in [5.41, 5.74) is 6.48. The maximum atomic E-state index is 11.5. The molecule has 0 saturated carbocycles. The SMILES string of the molecule is CC(C)(N)CNC(=O)CCc1cccc(Cl)c1. The maximum Gasteiger partial charge on any atom is 0.220 e. The van der Waals surface area contributed by atoms with Crippen LogP contribution >= 0.6 is 11.6 Å². The number of aryl methyl sites for hydroxylation is 1. The van der Waals surface area contributed by atoms with E-state index in [-0.39, 0.29) is 11.4 Å². The van der Waals surface area contributed by atoms with Gasteiger partial charge >= 0.3 is 0 Å². The second kappa shape index (κ2) is 6.03. The second-order valence-electron chi connectivity index (χ2n) is 4.90. The molecule has 1 aromatic carbocycles. The van der Waals surface area contributed by atoms with Gasteiger partial charge in [-0.1, -0.05) is 23.7 Å². The molecule has 0 aromatic heterocycles. The highest BCUT2D eigenvalue weighted by Gasteiger charge is 2.11. The predicted octanol–water partition coefficient (Wildman–Crippen LogP) is 2.13. The van der Waals surface area contributed by atoms with Crippen molar-refractivity contribution in [3.63, 3.8) is 0 Å². The number of halogens is 1. The average molecular weight is 255 g/mol. The molecular weight excluding hydrogens is 236 g/mol. The highest BCUT2D eigenvalue weighted by Crippen LogP contribution is 2.12. The first-order chi connectivity index (χ1) is 7.87. The van der Waals surface area contributed by atoms with E-state index in [4.69, 9.17) is 17.3 Å². The minimum absolute atomic E-state index is 0.0171. The molecule has 0 bridgehead atoms. The molecule has 0 radical (unpaired) electrons. The Morgan fingerprint density at radius 3 is 2.76 bits per heavy atom. The van der Waals surface area contributed by atoms with Crippen LogP contribution in [0.2, 0.25) is 5.02 Å². The van der Waals surface area contributed by atoms with Gasteiger partial charge in [-0.25, -0.2) is 0 Å². The molecule has 3 N–H and O–H groups in total. The second-order valence-corrected chi connectivity index (χ2v) is 5.33. The molecule has 0 spiro atoms. The van der Waals surface area contributed by atoms with Crippen molar-refractivity contribution < 1.29 is 4.79 Å². The molecule has 4 heteroatoms. The van der Waals surface area contributed by atoms with Crippen LogP contribution in [0.1, 0.15) is 25.8 Å². The predicted molar refractivity (Wildman–Crippen MR) is 71.0 cm³/mol. The fourth-order valence-electron chi connectivity index (χ4n) is 1.37. The van der Waals surface area contributed by atoms with E-state index in [1.807, 2.05) is 38.1 Å². The van der Waals surface area contributed by atoms with E-state index in [2.05, 4.69) is 5.32 Å². The van der Waals surface area contributed by atoms with E-state index >= 15 is 0 Å². The molecule has 0 atom stereocenters. The molecular formula is C13H19ClN2O. The summed E-state index contributed by atoms with van der Waals surface area (Å²) in [5.74, 6) is 0.0171. The van der Waals surface area contributed by atoms with Gasteiger partial charge in [0.1, 0.15) is 0 Å². The lowest BCUT2D eigenvalue weighted by molar-refractivity contribution is -0.121. The fraction of sp³-hybridized carbons (Fsp3) is 0.462. The molecule has 0 aliphatic rings. The fourth-order valence-corrected chi connectivity index (χ4v) is 1.58. The van der Waals surface area contributed by atoms with Crippen molar-refractivity contribution in [2.45, 2.75) is 32.2 Å². The van der Waals surface area contributed by atoms with Crippen LogP contribution in [-0.2, 0) is 11.2 Å². The molecule has 3 nitrogen and oxygen atoms in total.